The van der Waals surface area contributed by atoms with Crippen molar-refractivity contribution >= 4 is 0 Å². The fraction of sp³-hybridized carbons (Fsp3) is 1.00. The van der Waals surface area contributed by atoms with Gasteiger partial charge < -0.3 is 4.74 Å². The maximum absolute atomic E-state index is 5.51. The van der Waals surface area contributed by atoms with Crippen molar-refractivity contribution < 1.29 is 4.74 Å². The Kier molecular flexibility index (Phi) is 4.79. The number of methoxy groups -OCH3 is 1. The van der Waals surface area contributed by atoms with Gasteiger partial charge in [-0.05, 0) is 18.3 Å². The van der Waals surface area contributed by atoms with Crippen LogP contribution in [0.3, 0.4) is 0 Å². The van der Waals surface area contributed by atoms with Gasteiger partial charge in [-0.15, -0.1) is 0 Å². The summed E-state index contributed by atoms with van der Waals surface area (Å²) in [5.74, 6) is 1.71. The molecule has 0 aliphatic heterocycles. The van der Waals surface area contributed by atoms with Crippen molar-refractivity contribution in [2.45, 2.75) is 58.5 Å². The summed E-state index contributed by atoms with van der Waals surface area (Å²) in [5.41, 5.74) is 0. The summed E-state index contributed by atoms with van der Waals surface area (Å²) < 4.78 is 5.51. The molecule has 1 heteroatoms. The summed E-state index contributed by atoms with van der Waals surface area (Å²) in [7, 11) is 1.86. The van der Waals surface area contributed by atoms with Crippen molar-refractivity contribution in [3.05, 3.63) is 0 Å². The third kappa shape index (κ3) is 2.98. The molecular weight excluding hydrogens is 160 g/mol. The lowest BCUT2D eigenvalue weighted by Gasteiger charge is -2.35. The average molecular weight is 184 g/mol. The zero-order valence-corrected chi connectivity index (χ0v) is 9.38. The van der Waals surface area contributed by atoms with Gasteiger partial charge in [0.2, 0.25) is 0 Å². The molecule has 78 valence electrons. The quantitative estimate of drug-likeness (QED) is 0.648. The zero-order chi connectivity index (χ0) is 9.68. The summed E-state index contributed by atoms with van der Waals surface area (Å²) >= 11 is 0. The molecule has 1 aliphatic rings. The van der Waals surface area contributed by atoms with Crippen molar-refractivity contribution in [3.8, 4) is 0 Å². The first-order valence-corrected chi connectivity index (χ1v) is 5.82. The molecule has 0 saturated heterocycles. The third-order valence-electron chi connectivity index (χ3n) is 3.62. The van der Waals surface area contributed by atoms with Crippen LogP contribution in [0.25, 0.3) is 0 Å². The minimum Gasteiger partial charge on any atom is -0.381 e. The highest BCUT2D eigenvalue weighted by Gasteiger charge is 2.28. The van der Waals surface area contributed by atoms with Crippen LogP contribution in [-0.2, 0) is 4.74 Å². The van der Waals surface area contributed by atoms with Gasteiger partial charge in [-0.2, -0.15) is 0 Å². The average Bonchev–Trinajstić information content (AvgIpc) is 2.16. The van der Waals surface area contributed by atoms with Gasteiger partial charge in [0, 0.05) is 7.11 Å². The summed E-state index contributed by atoms with van der Waals surface area (Å²) in [4.78, 5) is 0. The van der Waals surface area contributed by atoms with E-state index < -0.39 is 0 Å². The molecule has 0 N–H and O–H groups in total. The summed E-state index contributed by atoms with van der Waals surface area (Å²) in [6, 6.07) is 0. The summed E-state index contributed by atoms with van der Waals surface area (Å²) in [6.07, 6.45) is 8.76. The number of hydrogen-bond donors (Lipinski definition) is 0. The van der Waals surface area contributed by atoms with Crippen LogP contribution < -0.4 is 0 Å². The Morgan fingerprint density at radius 1 is 1.31 bits per heavy atom. The Labute approximate surface area is 82.9 Å². The number of ether oxygens (including phenoxy) is 1. The van der Waals surface area contributed by atoms with Crippen molar-refractivity contribution in [3.63, 3.8) is 0 Å². The molecule has 1 aliphatic carbocycles. The first-order valence-electron chi connectivity index (χ1n) is 5.82. The normalized spacial score (nSPS) is 34.8. The predicted molar refractivity (Wildman–Crippen MR) is 56.8 cm³/mol. The Morgan fingerprint density at radius 3 is 2.69 bits per heavy atom. The lowest BCUT2D eigenvalue weighted by atomic mass is 9.76. The molecule has 3 unspecified atom stereocenters. The van der Waals surface area contributed by atoms with Crippen LogP contribution >= 0.6 is 0 Å². The molecule has 1 saturated carbocycles. The topological polar surface area (TPSA) is 9.23 Å². The van der Waals surface area contributed by atoms with E-state index >= 15 is 0 Å². The standard InChI is InChI=1S/C12H24O/c1-4-5-7-11-8-6-9-12(13-3)10(11)2/h10-12H,4-9H2,1-3H3. The molecule has 0 radical (unpaired) electrons. The van der Waals surface area contributed by atoms with E-state index in [0.29, 0.717) is 6.10 Å². The van der Waals surface area contributed by atoms with E-state index in [1.165, 1.54) is 38.5 Å². The maximum atomic E-state index is 5.51. The highest BCUT2D eigenvalue weighted by atomic mass is 16.5. The third-order valence-corrected chi connectivity index (χ3v) is 3.62. The van der Waals surface area contributed by atoms with Crippen molar-refractivity contribution in [1.82, 2.24) is 0 Å². The van der Waals surface area contributed by atoms with Crippen molar-refractivity contribution in [2.75, 3.05) is 7.11 Å². The van der Waals surface area contributed by atoms with Crippen LogP contribution in [-0.4, -0.2) is 13.2 Å². The second kappa shape index (κ2) is 5.64. The van der Waals surface area contributed by atoms with Gasteiger partial charge in [-0.3, -0.25) is 0 Å². The van der Waals surface area contributed by atoms with Crippen LogP contribution in [0.2, 0.25) is 0 Å². The van der Waals surface area contributed by atoms with E-state index in [9.17, 15) is 0 Å². The van der Waals surface area contributed by atoms with Gasteiger partial charge >= 0.3 is 0 Å². The van der Waals surface area contributed by atoms with E-state index in [2.05, 4.69) is 13.8 Å². The lowest BCUT2D eigenvalue weighted by Crippen LogP contribution is -2.31. The molecule has 0 heterocycles. The number of unbranched alkanes of at least 4 members (excludes halogenated alkanes) is 1. The summed E-state index contributed by atoms with van der Waals surface area (Å²) in [6.45, 7) is 4.65. The molecule has 1 fully saturated rings. The first-order chi connectivity index (χ1) is 6.29. The number of rotatable bonds is 4. The molecule has 0 aromatic rings. The van der Waals surface area contributed by atoms with E-state index in [1.54, 1.807) is 0 Å². The van der Waals surface area contributed by atoms with E-state index in [-0.39, 0.29) is 0 Å². The van der Waals surface area contributed by atoms with Crippen LogP contribution in [0.4, 0.5) is 0 Å². The second-order valence-electron chi connectivity index (χ2n) is 4.47. The maximum Gasteiger partial charge on any atom is 0.0599 e. The van der Waals surface area contributed by atoms with Crippen LogP contribution in [0.5, 0.6) is 0 Å². The minimum atomic E-state index is 0.538. The molecule has 0 aromatic carbocycles. The fourth-order valence-electron chi connectivity index (χ4n) is 2.62. The first kappa shape index (κ1) is 11.0. The van der Waals surface area contributed by atoms with Gasteiger partial charge in [-0.25, -0.2) is 0 Å². The molecule has 1 nitrogen and oxygen atoms in total. The monoisotopic (exact) mass is 184 g/mol. The Morgan fingerprint density at radius 2 is 2.08 bits per heavy atom. The lowest BCUT2D eigenvalue weighted by molar-refractivity contribution is 0.00104. The molecule has 1 rings (SSSR count). The van der Waals surface area contributed by atoms with Crippen molar-refractivity contribution in [1.29, 1.82) is 0 Å². The van der Waals surface area contributed by atoms with E-state index in [0.717, 1.165) is 11.8 Å². The fourth-order valence-corrected chi connectivity index (χ4v) is 2.62. The van der Waals surface area contributed by atoms with Crippen LogP contribution in [0.1, 0.15) is 52.4 Å². The highest BCUT2D eigenvalue weighted by molar-refractivity contribution is 4.79. The van der Waals surface area contributed by atoms with Gasteiger partial charge in [-0.1, -0.05) is 46.0 Å². The largest absolute Gasteiger partial charge is 0.381 e. The van der Waals surface area contributed by atoms with Gasteiger partial charge in [0.15, 0.2) is 0 Å². The Bertz CT molecular complexity index is 133. The van der Waals surface area contributed by atoms with Gasteiger partial charge in [0.05, 0.1) is 6.10 Å². The Hall–Kier alpha value is -0.0400. The molecule has 0 amide bonds. The zero-order valence-electron chi connectivity index (χ0n) is 9.38. The molecule has 0 aromatic heterocycles. The van der Waals surface area contributed by atoms with Crippen molar-refractivity contribution in [2.24, 2.45) is 11.8 Å². The van der Waals surface area contributed by atoms with E-state index in [4.69, 9.17) is 4.74 Å². The van der Waals surface area contributed by atoms with Crippen LogP contribution in [0, 0.1) is 11.8 Å². The molecular formula is C12H24O. The van der Waals surface area contributed by atoms with Gasteiger partial charge in [0.25, 0.3) is 0 Å². The smallest absolute Gasteiger partial charge is 0.0599 e. The summed E-state index contributed by atoms with van der Waals surface area (Å²) in [5, 5.41) is 0. The molecule has 13 heavy (non-hydrogen) atoms. The minimum absolute atomic E-state index is 0.538. The molecule has 3 atom stereocenters. The molecule has 0 spiro atoms. The van der Waals surface area contributed by atoms with Crippen LogP contribution in [0.15, 0.2) is 0 Å². The second-order valence-corrected chi connectivity index (χ2v) is 4.47. The molecule has 0 bridgehead atoms. The predicted octanol–water partition coefficient (Wildman–Crippen LogP) is 3.63. The SMILES string of the molecule is CCCCC1CCCC(OC)C1C. The van der Waals surface area contributed by atoms with Gasteiger partial charge in [0.1, 0.15) is 0 Å². The number of hydrogen-bond acceptors (Lipinski definition) is 1. The highest BCUT2D eigenvalue weighted by Crippen LogP contribution is 2.34. The van der Waals surface area contributed by atoms with E-state index in [1.807, 2.05) is 7.11 Å². The Balaban J connectivity index is 2.35.